The minimum absolute atomic E-state index is 0.0876. The maximum atomic E-state index is 12.5. The number of amidine groups is 1. The molecule has 0 aromatic heterocycles. The third kappa shape index (κ3) is 3.76. The van der Waals surface area contributed by atoms with Crippen molar-refractivity contribution in [1.29, 1.82) is 0 Å². The van der Waals surface area contributed by atoms with Crippen LogP contribution in [-0.2, 0) is 14.6 Å². The molecule has 1 aromatic carbocycles. The molecule has 0 bridgehead atoms. The fraction of sp³-hybridized carbons (Fsp3) is 0.556. The number of benzene rings is 1. The van der Waals surface area contributed by atoms with E-state index >= 15 is 0 Å². The number of aliphatic imine (C=N–C) groups is 1. The average Bonchev–Trinajstić information content (AvgIpc) is 3.07. The molecule has 3 rings (SSSR count). The monoisotopic (exact) mass is 396 g/mol. The van der Waals surface area contributed by atoms with Crippen molar-refractivity contribution in [3.63, 3.8) is 0 Å². The Balaban J connectivity index is 1.96. The fourth-order valence-electron chi connectivity index (χ4n) is 3.43. The topological polar surface area (TPSA) is 76.0 Å². The Labute approximate surface area is 158 Å². The lowest BCUT2D eigenvalue weighted by Crippen LogP contribution is -2.37. The van der Waals surface area contributed by atoms with E-state index in [4.69, 9.17) is 4.74 Å². The highest BCUT2D eigenvalue weighted by atomic mass is 32.2. The molecular formula is C18H24N2O4S2. The number of hydrogen-bond donors (Lipinski definition) is 0. The maximum Gasteiger partial charge on any atom is 0.251 e. The first-order valence-corrected chi connectivity index (χ1v) is 11.5. The summed E-state index contributed by atoms with van der Waals surface area (Å²) >= 11 is 1.41. The van der Waals surface area contributed by atoms with E-state index in [9.17, 15) is 13.2 Å². The Kier molecular flexibility index (Phi) is 5.62. The molecule has 6 nitrogen and oxygen atoms in total. The molecule has 8 heteroatoms. The summed E-state index contributed by atoms with van der Waals surface area (Å²) in [7, 11) is -1.47. The van der Waals surface area contributed by atoms with Crippen molar-refractivity contribution < 1.29 is 17.9 Å². The molecule has 0 saturated carbocycles. The molecule has 2 atom stereocenters. The molecule has 2 aliphatic heterocycles. The Morgan fingerprint density at radius 2 is 1.92 bits per heavy atom. The normalized spacial score (nSPS) is 25.7. The highest BCUT2D eigenvalue weighted by Crippen LogP contribution is 2.41. The van der Waals surface area contributed by atoms with Crippen LogP contribution in [0, 0.1) is 5.92 Å². The van der Waals surface area contributed by atoms with Crippen molar-refractivity contribution in [2.24, 2.45) is 10.9 Å². The van der Waals surface area contributed by atoms with Crippen molar-refractivity contribution in [1.82, 2.24) is 0 Å². The Bertz CT molecular complexity index is 801. The van der Waals surface area contributed by atoms with E-state index in [2.05, 4.69) is 4.99 Å². The predicted octanol–water partition coefficient (Wildman–Crippen LogP) is 2.73. The molecule has 2 heterocycles. The minimum atomic E-state index is -3.06. The lowest BCUT2D eigenvalue weighted by molar-refractivity contribution is -0.121. The van der Waals surface area contributed by atoms with Crippen LogP contribution in [0.4, 0.5) is 5.69 Å². The van der Waals surface area contributed by atoms with Gasteiger partial charge in [-0.25, -0.2) is 8.42 Å². The molecule has 1 aromatic rings. The average molecular weight is 397 g/mol. The van der Waals surface area contributed by atoms with E-state index < -0.39 is 9.84 Å². The molecule has 2 fully saturated rings. The summed E-state index contributed by atoms with van der Waals surface area (Å²) in [6.45, 7) is 3.97. The predicted molar refractivity (Wildman–Crippen MR) is 106 cm³/mol. The number of nitrogens with zero attached hydrogens (tertiary/aromatic N) is 2. The summed E-state index contributed by atoms with van der Waals surface area (Å²) in [5.41, 5.74) is 0.832. The van der Waals surface area contributed by atoms with Crippen LogP contribution in [0.3, 0.4) is 0 Å². The third-order valence-electron chi connectivity index (χ3n) is 4.96. The lowest BCUT2D eigenvalue weighted by Gasteiger charge is -2.25. The number of ether oxygens (including phenoxy) is 1. The van der Waals surface area contributed by atoms with Gasteiger partial charge in [-0.05, 0) is 37.1 Å². The molecule has 26 heavy (non-hydrogen) atoms. The summed E-state index contributed by atoms with van der Waals surface area (Å²) in [5, 5.41) is 0.521. The lowest BCUT2D eigenvalue weighted by atomic mass is 10.0. The summed E-state index contributed by atoms with van der Waals surface area (Å²) in [6.07, 6.45) is 1.50. The Morgan fingerprint density at radius 1 is 1.27 bits per heavy atom. The number of hydrogen-bond acceptors (Lipinski definition) is 5. The van der Waals surface area contributed by atoms with E-state index in [1.54, 1.807) is 7.11 Å². The van der Waals surface area contributed by atoms with Gasteiger partial charge in [-0.15, -0.1) is 0 Å². The zero-order chi connectivity index (χ0) is 18.9. The third-order valence-corrected chi connectivity index (χ3v) is 8.17. The summed E-state index contributed by atoms with van der Waals surface area (Å²) in [5.74, 6) is 0.730. The number of sulfone groups is 1. The highest BCUT2D eigenvalue weighted by molar-refractivity contribution is 8.16. The number of carbonyl (C=O) groups excluding carboxylic acids is 1. The number of anilines is 1. The number of rotatable bonds is 5. The van der Waals surface area contributed by atoms with Gasteiger partial charge in [-0.2, -0.15) is 4.99 Å². The molecule has 0 N–H and O–H groups in total. The molecule has 0 spiro atoms. The van der Waals surface area contributed by atoms with Gasteiger partial charge in [0.1, 0.15) is 5.75 Å². The molecule has 2 unspecified atom stereocenters. The highest BCUT2D eigenvalue weighted by Gasteiger charge is 2.49. The number of thioether (sulfide) groups is 1. The van der Waals surface area contributed by atoms with Gasteiger partial charge in [0.15, 0.2) is 15.0 Å². The van der Waals surface area contributed by atoms with Crippen LogP contribution in [0.15, 0.2) is 29.3 Å². The molecule has 2 saturated heterocycles. The Hall–Kier alpha value is -1.54. The molecule has 2 aliphatic rings. The number of carbonyl (C=O) groups is 1. The van der Waals surface area contributed by atoms with Gasteiger partial charge in [-0.1, -0.05) is 25.6 Å². The van der Waals surface area contributed by atoms with Gasteiger partial charge in [-0.3, -0.25) is 4.79 Å². The van der Waals surface area contributed by atoms with Gasteiger partial charge < -0.3 is 9.64 Å². The van der Waals surface area contributed by atoms with Gasteiger partial charge >= 0.3 is 0 Å². The van der Waals surface area contributed by atoms with E-state index in [-0.39, 0.29) is 34.6 Å². The summed E-state index contributed by atoms with van der Waals surface area (Å²) in [6, 6.07) is 7.23. The van der Waals surface area contributed by atoms with Gasteiger partial charge in [0, 0.05) is 16.9 Å². The first kappa shape index (κ1) is 19.2. The van der Waals surface area contributed by atoms with Crippen molar-refractivity contribution in [3.8, 4) is 5.75 Å². The van der Waals surface area contributed by atoms with Crippen LogP contribution in [0.2, 0.25) is 0 Å². The second-order valence-corrected chi connectivity index (χ2v) is 9.97. The maximum absolute atomic E-state index is 12.5. The van der Waals surface area contributed by atoms with E-state index in [0.29, 0.717) is 5.17 Å². The summed E-state index contributed by atoms with van der Waals surface area (Å²) < 4.78 is 29.4. The van der Waals surface area contributed by atoms with E-state index in [1.165, 1.54) is 11.8 Å². The van der Waals surface area contributed by atoms with Crippen LogP contribution in [0.5, 0.6) is 5.75 Å². The molecule has 1 amide bonds. The molecule has 142 valence electrons. The van der Waals surface area contributed by atoms with Crippen LogP contribution in [0.25, 0.3) is 0 Å². The van der Waals surface area contributed by atoms with Crippen molar-refractivity contribution in [2.45, 2.75) is 38.0 Å². The van der Waals surface area contributed by atoms with Gasteiger partial charge in [0.25, 0.3) is 5.91 Å². The number of methoxy groups -OCH3 is 1. The van der Waals surface area contributed by atoms with Crippen LogP contribution in [-0.4, -0.2) is 49.4 Å². The van der Waals surface area contributed by atoms with Crippen molar-refractivity contribution >= 4 is 38.4 Å². The van der Waals surface area contributed by atoms with Gasteiger partial charge in [0.05, 0.1) is 24.7 Å². The first-order valence-electron chi connectivity index (χ1n) is 8.81. The minimum Gasteiger partial charge on any atom is -0.497 e. The second kappa shape index (κ2) is 7.60. The van der Waals surface area contributed by atoms with Crippen LogP contribution in [0.1, 0.15) is 26.7 Å². The zero-order valence-electron chi connectivity index (χ0n) is 15.2. The molecular weight excluding hydrogens is 372 g/mol. The second-order valence-electron chi connectivity index (χ2n) is 6.61. The standard InChI is InChI=1S/C18H24N2O4S2/c1-4-12(5-2)17(21)19-18-20(13-6-8-14(24-3)9-7-13)15-10-26(22,23)11-16(15)25-18/h6-9,12,15-16H,4-5,10-11H2,1-3H3. The van der Waals surface area contributed by atoms with Gasteiger partial charge in [0.2, 0.25) is 0 Å². The summed E-state index contributed by atoms with van der Waals surface area (Å²) in [4.78, 5) is 18.8. The first-order chi connectivity index (χ1) is 12.4. The van der Waals surface area contributed by atoms with Crippen molar-refractivity contribution in [3.05, 3.63) is 24.3 Å². The van der Waals surface area contributed by atoms with E-state index in [0.717, 1.165) is 24.3 Å². The smallest absolute Gasteiger partial charge is 0.251 e. The quantitative estimate of drug-likeness (QED) is 0.762. The largest absolute Gasteiger partial charge is 0.497 e. The number of fused-ring (bicyclic) bond motifs is 1. The SMILES string of the molecule is CCC(CC)C(=O)N=C1SC2CS(=O)(=O)CC2N1c1ccc(OC)cc1. The van der Waals surface area contributed by atoms with Crippen LogP contribution < -0.4 is 9.64 Å². The van der Waals surface area contributed by atoms with Crippen molar-refractivity contribution in [2.75, 3.05) is 23.5 Å². The number of amides is 1. The van der Waals surface area contributed by atoms with E-state index in [1.807, 2.05) is 43.0 Å². The fourth-order valence-corrected chi connectivity index (χ4v) is 7.35. The molecule has 0 radical (unpaired) electrons. The van der Waals surface area contributed by atoms with Crippen LogP contribution >= 0.6 is 11.8 Å². The molecule has 0 aliphatic carbocycles. The zero-order valence-corrected chi connectivity index (χ0v) is 16.8. The Morgan fingerprint density at radius 3 is 2.50 bits per heavy atom.